The first kappa shape index (κ1) is 14.5. The number of nitrogens with zero attached hydrogens (tertiary/aromatic N) is 2. The molecule has 2 N–H and O–H groups in total. The van der Waals surface area contributed by atoms with Crippen molar-refractivity contribution in [2.24, 2.45) is 17.6 Å². The summed E-state index contributed by atoms with van der Waals surface area (Å²) in [5.41, 5.74) is 6.14. The van der Waals surface area contributed by atoms with Crippen molar-refractivity contribution in [3.05, 3.63) is 11.7 Å². The van der Waals surface area contributed by atoms with Gasteiger partial charge in [0.1, 0.15) is 0 Å². The zero-order valence-corrected chi connectivity index (χ0v) is 12.4. The van der Waals surface area contributed by atoms with Gasteiger partial charge in [-0.3, -0.25) is 0 Å². The van der Waals surface area contributed by atoms with Gasteiger partial charge in [0, 0.05) is 5.92 Å². The van der Waals surface area contributed by atoms with Crippen LogP contribution in [0.25, 0.3) is 0 Å². The van der Waals surface area contributed by atoms with Crippen molar-refractivity contribution in [3.8, 4) is 0 Å². The Labute approximate surface area is 116 Å². The molecule has 0 spiro atoms. The average molecular weight is 265 g/mol. The van der Waals surface area contributed by atoms with Crippen molar-refractivity contribution >= 4 is 0 Å². The van der Waals surface area contributed by atoms with Crippen molar-refractivity contribution < 1.29 is 4.52 Å². The van der Waals surface area contributed by atoms with Gasteiger partial charge in [0.05, 0.1) is 6.04 Å². The van der Waals surface area contributed by atoms with Gasteiger partial charge in [0.25, 0.3) is 0 Å². The molecule has 1 aromatic heterocycles. The van der Waals surface area contributed by atoms with Crippen LogP contribution in [0.3, 0.4) is 0 Å². The summed E-state index contributed by atoms with van der Waals surface area (Å²) < 4.78 is 5.37. The number of nitrogens with two attached hydrogens (primary N) is 1. The van der Waals surface area contributed by atoms with Crippen LogP contribution in [0.1, 0.15) is 83.0 Å². The van der Waals surface area contributed by atoms with Gasteiger partial charge < -0.3 is 10.3 Å². The first-order chi connectivity index (χ1) is 9.15. The maximum Gasteiger partial charge on any atom is 0.243 e. The first-order valence-corrected chi connectivity index (χ1v) is 7.74. The average Bonchev–Trinajstić information content (AvgIpc) is 2.95. The van der Waals surface area contributed by atoms with Gasteiger partial charge in [-0.05, 0) is 37.5 Å². The third-order valence-electron chi connectivity index (χ3n) is 4.79. The van der Waals surface area contributed by atoms with E-state index in [4.69, 9.17) is 10.3 Å². The smallest absolute Gasteiger partial charge is 0.243 e. The topological polar surface area (TPSA) is 64.9 Å². The van der Waals surface area contributed by atoms with Crippen LogP contribution in [0.15, 0.2) is 4.52 Å². The second-order valence-electron chi connectivity index (χ2n) is 6.03. The van der Waals surface area contributed by atoms with Crippen molar-refractivity contribution in [2.45, 2.75) is 71.3 Å². The van der Waals surface area contributed by atoms with Crippen LogP contribution < -0.4 is 5.73 Å². The molecule has 1 saturated carbocycles. The van der Waals surface area contributed by atoms with Crippen LogP contribution in [-0.2, 0) is 0 Å². The van der Waals surface area contributed by atoms with E-state index in [1.807, 2.05) is 0 Å². The van der Waals surface area contributed by atoms with E-state index in [0.29, 0.717) is 17.7 Å². The van der Waals surface area contributed by atoms with E-state index in [1.54, 1.807) is 0 Å². The van der Waals surface area contributed by atoms with Gasteiger partial charge in [-0.15, -0.1) is 0 Å². The number of hydrogen-bond acceptors (Lipinski definition) is 4. The molecule has 2 unspecified atom stereocenters. The Balaban J connectivity index is 1.97. The van der Waals surface area contributed by atoms with Crippen LogP contribution >= 0.6 is 0 Å². The van der Waals surface area contributed by atoms with Crippen LogP contribution in [0.2, 0.25) is 0 Å². The molecule has 1 aromatic rings. The van der Waals surface area contributed by atoms with E-state index >= 15 is 0 Å². The molecule has 2 atom stereocenters. The predicted molar refractivity (Wildman–Crippen MR) is 75.7 cm³/mol. The quantitative estimate of drug-likeness (QED) is 0.879. The summed E-state index contributed by atoms with van der Waals surface area (Å²) in [5, 5.41) is 4.16. The summed E-state index contributed by atoms with van der Waals surface area (Å²) >= 11 is 0. The molecular weight excluding hydrogens is 238 g/mol. The summed E-state index contributed by atoms with van der Waals surface area (Å²) in [7, 11) is 0. The molecular formula is C15H27N3O. The Morgan fingerprint density at radius 2 is 1.95 bits per heavy atom. The maximum atomic E-state index is 6.14. The molecule has 4 nitrogen and oxygen atoms in total. The third-order valence-corrected chi connectivity index (χ3v) is 4.79. The Kier molecular flexibility index (Phi) is 4.97. The lowest BCUT2D eigenvalue weighted by molar-refractivity contribution is 0.293. The highest BCUT2D eigenvalue weighted by molar-refractivity contribution is 5.00. The van der Waals surface area contributed by atoms with Gasteiger partial charge in [-0.25, -0.2) is 0 Å². The molecule has 2 rings (SSSR count). The van der Waals surface area contributed by atoms with E-state index in [-0.39, 0.29) is 6.04 Å². The van der Waals surface area contributed by atoms with E-state index in [9.17, 15) is 0 Å². The standard InChI is InChI=1S/C15H27N3O/c1-4-10(3)13(16)15-17-14(18-19-15)12-8-6-11(5-2)7-9-12/h10-13H,4-9,16H2,1-3H3. The van der Waals surface area contributed by atoms with Gasteiger partial charge in [-0.2, -0.15) is 4.98 Å². The highest BCUT2D eigenvalue weighted by atomic mass is 16.5. The minimum atomic E-state index is -0.127. The molecule has 0 aliphatic heterocycles. The molecule has 4 heteroatoms. The Morgan fingerprint density at radius 1 is 1.26 bits per heavy atom. The lowest BCUT2D eigenvalue weighted by Gasteiger charge is -2.25. The zero-order valence-electron chi connectivity index (χ0n) is 12.4. The lowest BCUT2D eigenvalue weighted by atomic mass is 9.80. The SMILES string of the molecule is CCC1CCC(c2noc(C(N)C(C)CC)n2)CC1. The molecule has 0 aromatic carbocycles. The fourth-order valence-corrected chi connectivity index (χ4v) is 2.87. The highest BCUT2D eigenvalue weighted by Gasteiger charge is 2.27. The summed E-state index contributed by atoms with van der Waals surface area (Å²) in [5.74, 6) is 3.24. The summed E-state index contributed by atoms with van der Waals surface area (Å²) in [6.45, 7) is 6.54. The van der Waals surface area contributed by atoms with E-state index < -0.39 is 0 Å². The summed E-state index contributed by atoms with van der Waals surface area (Å²) in [6.07, 6.45) is 7.29. The molecule has 0 saturated heterocycles. The Hall–Kier alpha value is -0.900. The molecule has 0 radical (unpaired) electrons. The minimum Gasteiger partial charge on any atom is -0.338 e. The molecule has 1 aliphatic carbocycles. The number of aromatic nitrogens is 2. The van der Waals surface area contributed by atoms with Crippen molar-refractivity contribution in [2.75, 3.05) is 0 Å². The molecule has 1 heterocycles. The molecule has 1 aliphatic rings. The first-order valence-electron chi connectivity index (χ1n) is 7.74. The Bertz CT molecular complexity index is 382. The molecule has 1 fully saturated rings. The molecule has 0 bridgehead atoms. The molecule has 19 heavy (non-hydrogen) atoms. The maximum absolute atomic E-state index is 6.14. The van der Waals surface area contributed by atoms with Crippen molar-refractivity contribution in [1.82, 2.24) is 10.1 Å². The number of hydrogen-bond donors (Lipinski definition) is 1. The van der Waals surface area contributed by atoms with Crippen molar-refractivity contribution in [3.63, 3.8) is 0 Å². The summed E-state index contributed by atoms with van der Waals surface area (Å²) in [4.78, 5) is 4.55. The van der Waals surface area contributed by atoms with Crippen LogP contribution in [0, 0.1) is 11.8 Å². The monoisotopic (exact) mass is 265 g/mol. The molecule has 0 amide bonds. The third kappa shape index (κ3) is 3.35. The van der Waals surface area contributed by atoms with Gasteiger partial charge in [0.2, 0.25) is 5.89 Å². The van der Waals surface area contributed by atoms with Crippen LogP contribution in [0.4, 0.5) is 0 Å². The van der Waals surface area contributed by atoms with Gasteiger partial charge >= 0.3 is 0 Å². The fraction of sp³-hybridized carbons (Fsp3) is 0.867. The van der Waals surface area contributed by atoms with Crippen LogP contribution in [-0.4, -0.2) is 10.1 Å². The second-order valence-corrected chi connectivity index (χ2v) is 6.03. The number of rotatable bonds is 5. The molecule has 108 valence electrons. The Morgan fingerprint density at radius 3 is 2.53 bits per heavy atom. The second kappa shape index (κ2) is 6.51. The van der Waals surface area contributed by atoms with Crippen molar-refractivity contribution in [1.29, 1.82) is 0 Å². The van der Waals surface area contributed by atoms with E-state index in [0.717, 1.165) is 18.2 Å². The van der Waals surface area contributed by atoms with Crippen LogP contribution in [0.5, 0.6) is 0 Å². The lowest BCUT2D eigenvalue weighted by Crippen LogP contribution is -2.19. The van der Waals surface area contributed by atoms with Gasteiger partial charge in [0.15, 0.2) is 5.82 Å². The normalized spacial score (nSPS) is 27.2. The van der Waals surface area contributed by atoms with E-state index in [1.165, 1.54) is 32.1 Å². The van der Waals surface area contributed by atoms with Gasteiger partial charge in [-0.1, -0.05) is 38.8 Å². The zero-order chi connectivity index (χ0) is 13.8. The predicted octanol–water partition coefficient (Wildman–Crippen LogP) is 3.80. The summed E-state index contributed by atoms with van der Waals surface area (Å²) in [6, 6.07) is -0.127. The fourth-order valence-electron chi connectivity index (χ4n) is 2.87. The largest absolute Gasteiger partial charge is 0.338 e. The van der Waals surface area contributed by atoms with E-state index in [2.05, 4.69) is 30.9 Å². The minimum absolute atomic E-state index is 0.127. The highest BCUT2D eigenvalue weighted by Crippen LogP contribution is 2.36.